The Morgan fingerprint density at radius 1 is 1.50 bits per heavy atom. The molecule has 0 aliphatic rings. The van der Waals surface area contributed by atoms with Gasteiger partial charge in [-0.1, -0.05) is 0 Å². The molecule has 98 valence electrons. The smallest absolute Gasteiger partial charge is 0.328 e. The van der Waals surface area contributed by atoms with Crippen LogP contribution in [0, 0.1) is 13.8 Å². The van der Waals surface area contributed by atoms with Gasteiger partial charge in [0.25, 0.3) is 0 Å². The molecule has 0 radical (unpaired) electrons. The van der Waals surface area contributed by atoms with E-state index in [1.165, 1.54) is 6.08 Å². The molecule has 0 aromatic carbocycles. The standard InChI is InChI=1S/C12H14N2O3.ClH/c1-4-14-8(3)11-7(2)9(5-6-10(15)16)17-12(11)13-14;/h5-6H,4H2,1-3H3,(H,15,16);1H. The molecule has 1 N–H and O–H groups in total. The predicted octanol–water partition coefficient (Wildman–Crippen LogP) is 2.79. The fraction of sp³-hybridized carbons (Fsp3) is 0.333. The fourth-order valence-corrected chi connectivity index (χ4v) is 1.94. The van der Waals surface area contributed by atoms with E-state index in [1.807, 2.05) is 25.5 Å². The molecular weight excluding hydrogens is 256 g/mol. The first-order chi connectivity index (χ1) is 8.04. The molecule has 0 unspecified atom stereocenters. The number of rotatable bonds is 3. The number of hydrogen-bond acceptors (Lipinski definition) is 3. The Morgan fingerprint density at radius 3 is 2.67 bits per heavy atom. The zero-order valence-corrected chi connectivity index (χ0v) is 11.2. The lowest BCUT2D eigenvalue weighted by atomic mass is 10.2. The van der Waals surface area contributed by atoms with Crippen LogP contribution in [-0.2, 0) is 11.3 Å². The van der Waals surface area contributed by atoms with Crippen LogP contribution in [0.5, 0.6) is 0 Å². The molecule has 6 heteroatoms. The summed E-state index contributed by atoms with van der Waals surface area (Å²) in [6.45, 7) is 6.68. The van der Waals surface area contributed by atoms with Crippen LogP contribution in [0.3, 0.4) is 0 Å². The Morgan fingerprint density at radius 2 is 2.17 bits per heavy atom. The summed E-state index contributed by atoms with van der Waals surface area (Å²) in [5.41, 5.74) is 2.53. The van der Waals surface area contributed by atoms with Gasteiger partial charge in [-0.3, -0.25) is 4.68 Å². The SMILES string of the molecule is CCn1nc2oc(C=CC(=O)O)c(C)c2c1C.Cl. The zero-order valence-electron chi connectivity index (χ0n) is 10.4. The highest BCUT2D eigenvalue weighted by molar-refractivity contribution is 5.88. The van der Waals surface area contributed by atoms with Gasteiger partial charge in [0.05, 0.1) is 5.39 Å². The van der Waals surface area contributed by atoms with E-state index in [4.69, 9.17) is 9.52 Å². The minimum absolute atomic E-state index is 0. The summed E-state index contributed by atoms with van der Waals surface area (Å²) in [7, 11) is 0. The molecule has 2 rings (SSSR count). The maximum Gasteiger partial charge on any atom is 0.328 e. The third kappa shape index (κ3) is 2.26. The van der Waals surface area contributed by atoms with Crippen molar-refractivity contribution in [1.29, 1.82) is 0 Å². The van der Waals surface area contributed by atoms with Crippen molar-refractivity contribution in [3.63, 3.8) is 0 Å². The van der Waals surface area contributed by atoms with Gasteiger partial charge >= 0.3 is 5.97 Å². The third-order valence-corrected chi connectivity index (χ3v) is 2.80. The largest absolute Gasteiger partial charge is 0.478 e. The topological polar surface area (TPSA) is 68.3 Å². The van der Waals surface area contributed by atoms with Crippen molar-refractivity contribution in [1.82, 2.24) is 9.78 Å². The van der Waals surface area contributed by atoms with Crippen LogP contribution >= 0.6 is 12.4 Å². The molecule has 0 bridgehead atoms. The number of carbonyl (C=O) groups is 1. The second kappa shape index (κ2) is 5.27. The van der Waals surface area contributed by atoms with Crippen molar-refractivity contribution in [3.8, 4) is 0 Å². The number of fused-ring (bicyclic) bond motifs is 1. The highest BCUT2D eigenvalue weighted by Gasteiger charge is 2.16. The molecule has 2 aromatic rings. The van der Waals surface area contributed by atoms with Crippen LogP contribution in [0.1, 0.15) is 23.9 Å². The van der Waals surface area contributed by atoms with Crippen molar-refractivity contribution in [2.24, 2.45) is 0 Å². The molecule has 0 aliphatic carbocycles. The van der Waals surface area contributed by atoms with Crippen molar-refractivity contribution >= 4 is 35.6 Å². The molecule has 0 fully saturated rings. The number of halogens is 1. The molecule has 0 atom stereocenters. The van der Waals surface area contributed by atoms with Gasteiger partial charge in [-0.05, 0) is 26.8 Å². The van der Waals surface area contributed by atoms with Gasteiger partial charge in [0, 0.05) is 23.9 Å². The summed E-state index contributed by atoms with van der Waals surface area (Å²) in [4.78, 5) is 10.5. The average Bonchev–Trinajstić information content (AvgIpc) is 2.75. The van der Waals surface area contributed by atoms with E-state index in [2.05, 4.69) is 5.10 Å². The monoisotopic (exact) mass is 270 g/mol. The van der Waals surface area contributed by atoms with Crippen LogP contribution in [0.4, 0.5) is 0 Å². The number of aliphatic carboxylic acids is 1. The number of aromatic nitrogens is 2. The first-order valence-corrected chi connectivity index (χ1v) is 5.42. The Balaban J connectivity index is 0.00000162. The van der Waals surface area contributed by atoms with Crippen LogP contribution in [-0.4, -0.2) is 20.9 Å². The molecule has 2 aromatic heterocycles. The summed E-state index contributed by atoms with van der Waals surface area (Å²) in [6, 6.07) is 0. The van der Waals surface area contributed by atoms with E-state index < -0.39 is 5.97 Å². The van der Waals surface area contributed by atoms with Gasteiger partial charge in [0.2, 0.25) is 5.71 Å². The molecule has 18 heavy (non-hydrogen) atoms. The van der Waals surface area contributed by atoms with Crippen molar-refractivity contribution in [2.75, 3.05) is 0 Å². The molecule has 0 amide bonds. The average molecular weight is 271 g/mol. The third-order valence-electron chi connectivity index (χ3n) is 2.80. The van der Waals surface area contributed by atoms with E-state index in [-0.39, 0.29) is 12.4 Å². The minimum Gasteiger partial charge on any atom is -0.478 e. The van der Waals surface area contributed by atoms with E-state index in [9.17, 15) is 4.79 Å². The van der Waals surface area contributed by atoms with E-state index in [1.54, 1.807) is 0 Å². The first kappa shape index (κ1) is 14.3. The highest BCUT2D eigenvalue weighted by Crippen LogP contribution is 2.28. The maximum atomic E-state index is 10.5. The molecule has 5 nitrogen and oxygen atoms in total. The van der Waals surface area contributed by atoms with Crippen LogP contribution in [0.25, 0.3) is 17.2 Å². The Kier molecular flexibility index (Phi) is 4.19. The normalized spacial score (nSPS) is 11.1. The van der Waals surface area contributed by atoms with Gasteiger partial charge in [-0.25, -0.2) is 4.79 Å². The zero-order chi connectivity index (χ0) is 12.6. The summed E-state index contributed by atoms with van der Waals surface area (Å²) < 4.78 is 7.40. The van der Waals surface area contributed by atoms with Gasteiger partial charge in [0.15, 0.2) is 0 Å². The number of hydrogen-bond donors (Lipinski definition) is 1. The molecule has 0 aliphatic heterocycles. The van der Waals surface area contributed by atoms with Crippen molar-refractivity contribution < 1.29 is 14.3 Å². The van der Waals surface area contributed by atoms with Gasteiger partial charge < -0.3 is 9.52 Å². The second-order valence-corrected chi connectivity index (χ2v) is 3.84. The van der Waals surface area contributed by atoms with Gasteiger partial charge in [0.1, 0.15) is 5.76 Å². The first-order valence-electron chi connectivity index (χ1n) is 5.42. The Bertz CT molecular complexity index is 610. The minimum atomic E-state index is -0.992. The molecule has 0 saturated carbocycles. The van der Waals surface area contributed by atoms with E-state index >= 15 is 0 Å². The molecule has 0 saturated heterocycles. The second-order valence-electron chi connectivity index (χ2n) is 3.84. The highest BCUT2D eigenvalue weighted by atomic mass is 35.5. The lowest BCUT2D eigenvalue weighted by Gasteiger charge is -1.98. The molecule has 2 heterocycles. The number of aryl methyl sites for hydroxylation is 3. The van der Waals surface area contributed by atoms with Crippen molar-refractivity contribution in [2.45, 2.75) is 27.3 Å². The predicted molar refractivity (Wildman–Crippen MR) is 71.1 cm³/mol. The number of carboxylic acid groups (broad SMARTS) is 1. The van der Waals surface area contributed by atoms with Crippen LogP contribution in [0.2, 0.25) is 0 Å². The van der Waals surface area contributed by atoms with E-state index in [0.717, 1.165) is 29.3 Å². The number of nitrogens with zero attached hydrogens (tertiary/aromatic N) is 2. The number of carboxylic acids is 1. The van der Waals surface area contributed by atoms with Crippen LogP contribution in [0.15, 0.2) is 10.5 Å². The van der Waals surface area contributed by atoms with Crippen LogP contribution < -0.4 is 0 Å². The lowest BCUT2D eigenvalue weighted by molar-refractivity contribution is -0.131. The van der Waals surface area contributed by atoms with Gasteiger partial charge in [-0.2, -0.15) is 0 Å². The van der Waals surface area contributed by atoms with E-state index in [0.29, 0.717) is 11.5 Å². The maximum absolute atomic E-state index is 10.5. The summed E-state index contributed by atoms with van der Waals surface area (Å²) in [5.74, 6) is -0.440. The quantitative estimate of drug-likeness (QED) is 0.871. The van der Waals surface area contributed by atoms with Crippen molar-refractivity contribution in [3.05, 3.63) is 23.1 Å². The lowest BCUT2D eigenvalue weighted by Crippen LogP contribution is -1.98. The summed E-state index contributed by atoms with van der Waals surface area (Å²) in [6.07, 6.45) is 2.52. The van der Waals surface area contributed by atoms with Gasteiger partial charge in [-0.15, -0.1) is 17.5 Å². The Labute approximate surface area is 110 Å². The number of furan rings is 1. The Hall–Kier alpha value is -1.75. The molecular formula is C12H15ClN2O3. The fourth-order valence-electron chi connectivity index (χ4n) is 1.94. The summed E-state index contributed by atoms with van der Waals surface area (Å²) in [5, 5.41) is 13.9. The molecule has 0 spiro atoms. The summed E-state index contributed by atoms with van der Waals surface area (Å²) >= 11 is 0.